The molecule has 0 saturated carbocycles. The van der Waals surface area contributed by atoms with Crippen molar-refractivity contribution in [3.63, 3.8) is 0 Å². The van der Waals surface area contributed by atoms with Gasteiger partial charge in [-0.05, 0) is 6.92 Å². The van der Waals surface area contributed by atoms with Gasteiger partial charge in [0, 0.05) is 6.42 Å². The number of ether oxygens (including phenoxy) is 3. The molecule has 0 aliphatic carbocycles. The molecule has 1 fully saturated rings. The number of hydrogen-bond donors (Lipinski definition) is 1. The predicted molar refractivity (Wildman–Crippen MR) is 57.2 cm³/mol. The molecule has 1 aliphatic heterocycles. The lowest BCUT2D eigenvalue weighted by Gasteiger charge is -2.25. The first-order valence-electron chi connectivity index (χ1n) is 5.50. The van der Waals surface area contributed by atoms with Crippen LogP contribution in [-0.4, -0.2) is 56.4 Å². The highest BCUT2D eigenvalue weighted by molar-refractivity contribution is 7.87. The monoisotopic (exact) mass is 326 g/mol. The zero-order valence-corrected chi connectivity index (χ0v) is 11.3. The first kappa shape index (κ1) is 17.6. The molecule has 1 aliphatic rings. The molecule has 1 N–H and O–H groups in total. The van der Waals surface area contributed by atoms with Crippen LogP contribution in [0.25, 0.3) is 0 Å². The van der Waals surface area contributed by atoms with Crippen molar-refractivity contribution in [3.8, 4) is 0 Å². The fourth-order valence-electron chi connectivity index (χ4n) is 1.43. The molecule has 1 rings (SSSR count). The minimum absolute atomic E-state index is 0.277. The Morgan fingerprint density at radius 2 is 1.75 bits per heavy atom. The highest BCUT2D eigenvalue weighted by Crippen LogP contribution is 2.40. The summed E-state index contributed by atoms with van der Waals surface area (Å²) < 4.78 is 95.2. The van der Waals surface area contributed by atoms with Crippen molar-refractivity contribution in [3.05, 3.63) is 0 Å². The van der Waals surface area contributed by atoms with Gasteiger partial charge >= 0.3 is 21.3 Å². The molecule has 0 bridgehead atoms. The van der Waals surface area contributed by atoms with E-state index in [9.17, 15) is 26.0 Å². The summed E-state index contributed by atoms with van der Waals surface area (Å²) in [5, 5.41) is -5.58. The zero-order chi connectivity index (χ0) is 15.7. The second-order valence-corrected chi connectivity index (χ2v) is 5.79. The van der Waals surface area contributed by atoms with E-state index in [4.69, 9.17) is 18.8 Å². The average Bonchev–Trinajstić information content (AvgIpc) is 2.70. The van der Waals surface area contributed by atoms with Crippen LogP contribution in [0.1, 0.15) is 13.3 Å². The summed E-state index contributed by atoms with van der Waals surface area (Å²) in [6.07, 6.45) is -1.59. The topological polar surface area (TPSA) is 82.1 Å². The molecular formula is C9H14F4O6S. The Kier molecular flexibility index (Phi) is 5.02. The normalized spacial score (nSPS) is 20.3. The van der Waals surface area contributed by atoms with Crippen molar-refractivity contribution >= 4 is 10.1 Å². The molecule has 120 valence electrons. The van der Waals surface area contributed by atoms with Gasteiger partial charge in [-0.2, -0.15) is 26.0 Å². The van der Waals surface area contributed by atoms with Gasteiger partial charge in [0.1, 0.15) is 6.61 Å². The first-order chi connectivity index (χ1) is 8.91. The Labute approximate surface area is 112 Å². The molecule has 0 aromatic heterocycles. The molecule has 0 atom stereocenters. The van der Waals surface area contributed by atoms with Crippen LogP contribution in [0.5, 0.6) is 0 Å². The van der Waals surface area contributed by atoms with Gasteiger partial charge in [0.05, 0.1) is 19.8 Å². The molecule has 0 aromatic carbocycles. The van der Waals surface area contributed by atoms with E-state index in [1.807, 2.05) is 0 Å². The molecule has 20 heavy (non-hydrogen) atoms. The van der Waals surface area contributed by atoms with Gasteiger partial charge in [-0.3, -0.25) is 4.55 Å². The fraction of sp³-hybridized carbons (Fsp3) is 1.00. The van der Waals surface area contributed by atoms with Crippen LogP contribution in [0, 0.1) is 0 Å². The third-order valence-corrected chi connectivity index (χ3v) is 3.52. The van der Waals surface area contributed by atoms with E-state index in [-0.39, 0.29) is 19.8 Å². The van der Waals surface area contributed by atoms with E-state index in [1.54, 1.807) is 0 Å². The number of rotatable bonds is 7. The first-order valence-corrected chi connectivity index (χ1v) is 6.94. The van der Waals surface area contributed by atoms with Crippen LogP contribution in [0.3, 0.4) is 0 Å². The van der Waals surface area contributed by atoms with Gasteiger partial charge in [0.25, 0.3) is 0 Å². The third kappa shape index (κ3) is 3.79. The summed E-state index contributed by atoms with van der Waals surface area (Å²) in [5.74, 6) is -6.10. The summed E-state index contributed by atoms with van der Waals surface area (Å²) in [6, 6.07) is 0. The Balaban J connectivity index is 2.48. The van der Waals surface area contributed by atoms with Crippen molar-refractivity contribution < 1.29 is 44.7 Å². The van der Waals surface area contributed by atoms with E-state index >= 15 is 0 Å². The Bertz CT molecular complexity index is 432. The smallest absolute Gasteiger partial charge is 0.376 e. The van der Waals surface area contributed by atoms with Gasteiger partial charge < -0.3 is 14.2 Å². The van der Waals surface area contributed by atoms with Crippen LogP contribution in [0.4, 0.5) is 17.6 Å². The predicted octanol–water partition coefficient (Wildman–Crippen LogP) is 1.27. The summed E-state index contributed by atoms with van der Waals surface area (Å²) in [6.45, 7) is 0.916. The third-order valence-electron chi connectivity index (χ3n) is 2.57. The second kappa shape index (κ2) is 5.72. The number of hydrogen-bond acceptors (Lipinski definition) is 5. The summed E-state index contributed by atoms with van der Waals surface area (Å²) in [4.78, 5) is 0. The van der Waals surface area contributed by atoms with Crippen LogP contribution >= 0.6 is 0 Å². The van der Waals surface area contributed by atoms with Crippen LogP contribution in [0.2, 0.25) is 0 Å². The van der Waals surface area contributed by atoms with Gasteiger partial charge in [0.2, 0.25) is 0 Å². The minimum atomic E-state index is -6.21. The molecule has 11 heteroatoms. The number of alkyl halides is 4. The maximum atomic E-state index is 13.1. The summed E-state index contributed by atoms with van der Waals surface area (Å²) in [5.41, 5.74) is 0. The van der Waals surface area contributed by atoms with Crippen molar-refractivity contribution in [2.75, 3.05) is 26.4 Å². The van der Waals surface area contributed by atoms with E-state index < -0.39 is 40.1 Å². The van der Waals surface area contributed by atoms with Gasteiger partial charge in [-0.1, -0.05) is 0 Å². The van der Waals surface area contributed by atoms with Crippen molar-refractivity contribution in [2.24, 2.45) is 0 Å². The van der Waals surface area contributed by atoms with Crippen molar-refractivity contribution in [2.45, 2.75) is 30.3 Å². The molecule has 1 heterocycles. The molecular weight excluding hydrogens is 312 g/mol. The highest BCUT2D eigenvalue weighted by atomic mass is 32.2. The number of halogens is 4. The highest BCUT2D eigenvalue weighted by Gasteiger charge is 2.65. The van der Waals surface area contributed by atoms with E-state index in [2.05, 4.69) is 0 Å². The Hall–Kier alpha value is -0.490. The lowest BCUT2D eigenvalue weighted by molar-refractivity contribution is -0.196. The van der Waals surface area contributed by atoms with Gasteiger partial charge in [-0.15, -0.1) is 0 Å². The van der Waals surface area contributed by atoms with Crippen molar-refractivity contribution in [1.82, 2.24) is 0 Å². The lowest BCUT2D eigenvalue weighted by Crippen LogP contribution is -2.47. The Morgan fingerprint density at radius 1 is 1.25 bits per heavy atom. The van der Waals surface area contributed by atoms with Gasteiger partial charge in [-0.25, -0.2) is 0 Å². The fourth-order valence-corrected chi connectivity index (χ4v) is 1.91. The van der Waals surface area contributed by atoms with E-state index in [0.29, 0.717) is 0 Å². The molecule has 0 radical (unpaired) electrons. The van der Waals surface area contributed by atoms with Crippen molar-refractivity contribution in [1.29, 1.82) is 0 Å². The van der Waals surface area contributed by atoms with Crippen LogP contribution < -0.4 is 0 Å². The van der Waals surface area contributed by atoms with Crippen LogP contribution in [-0.2, 0) is 24.3 Å². The average molecular weight is 326 g/mol. The quantitative estimate of drug-likeness (QED) is 0.431. The molecule has 0 aromatic rings. The minimum Gasteiger partial charge on any atom is -0.376 e. The molecule has 1 saturated heterocycles. The van der Waals surface area contributed by atoms with E-state index in [0.717, 1.165) is 0 Å². The molecule has 0 amide bonds. The maximum Gasteiger partial charge on any atom is 0.431 e. The van der Waals surface area contributed by atoms with Gasteiger partial charge in [0.15, 0.2) is 5.79 Å². The molecule has 0 unspecified atom stereocenters. The lowest BCUT2D eigenvalue weighted by atomic mass is 10.2. The van der Waals surface area contributed by atoms with E-state index in [1.165, 1.54) is 6.92 Å². The second-order valence-electron chi connectivity index (χ2n) is 4.33. The standard InChI is InChI=1S/C9H14F4O6S/c1-7(18-4-5-19-7)6-17-3-2-8(10,11)9(12,13)20(14,15)16/h2-6H2,1H3,(H,14,15,16). The molecule has 0 spiro atoms. The van der Waals surface area contributed by atoms with Crippen LogP contribution in [0.15, 0.2) is 0 Å². The molecule has 6 nitrogen and oxygen atoms in total. The largest absolute Gasteiger partial charge is 0.431 e. The summed E-state index contributed by atoms with van der Waals surface area (Å²) >= 11 is 0. The maximum absolute atomic E-state index is 13.1. The SMILES string of the molecule is CC1(COCCC(F)(F)C(F)(F)S(=O)(=O)O)OCCO1. The summed E-state index contributed by atoms with van der Waals surface area (Å²) in [7, 11) is -6.21. The zero-order valence-electron chi connectivity index (χ0n) is 10.4. The Morgan fingerprint density at radius 3 is 2.20 bits per heavy atom.